The maximum Gasteiger partial charge on any atom is 0.225 e. The molecule has 4 N–H and O–H groups in total. The van der Waals surface area contributed by atoms with Crippen LogP contribution in [-0.4, -0.2) is 22.6 Å². The van der Waals surface area contributed by atoms with Crippen molar-refractivity contribution in [1.82, 2.24) is 10.2 Å². The maximum atomic E-state index is 11.5. The Morgan fingerprint density at radius 3 is 2.94 bits per heavy atom. The summed E-state index contributed by atoms with van der Waals surface area (Å²) in [6.45, 7) is 2.73. The lowest BCUT2D eigenvalue weighted by Gasteiger charge is -2.00. The molecule has 0 bridgehead atoms. The van der Waals surface area contributed by atoms with Crippen LogP contribution in [0.3, 0.4) is 0 Å². The Balaban J connectivity index is 2.23. The van der Waals surface area contributed by atoms with Gasteiger partial charge < -0.3 is 11.1 Å². The van der Waals surface area contributed by atoms with Gasteiger partial charge in [0, 0.05) is 18.2 Å². The smallest absolute Gasteiger partial charge is 0.225 e. The number of nitrogens with zero attached hydrogens (tertiary/aromatic N) is 1. The van der Waals surface area contributed by atoms with Crippen molar-refractivity contribution >= 4 is 11.7 Å². The monoisotopic (exact) mass is 224 g/mol. The molecule has 1 aromatic rings. The van der Waals surface area contributed by atoms with Gasteiger partial charge in [-0.25, -0.2) is 0 Å². The van der Waals surface area contributed by atoms with E-state index in [1.807, 2.05) is 13.0 Å². The number of hydrogen-bond acceptors (Lipinski definition) is 3. The van der Waals surface area contributed by atoms with Crippen LogP contribution in [0.5, 0.6) is 0 Å². The number of aryl methyl sites for hydroxylation is 1. The van der Waals surface area contributed by atoms with Crippen molar-refractivity contribution in [3.8, 4) is 0 Å². The van der Waals surface area contributed by atoms with Crippen LogP contribution in [0, 0.1) is 0 Å². The van der Waals surface area contributed by atoms with Gasteiger partial charge in [-0.3, -0.25) is 9.89 Å². The van der Waals surface area contributed by atoms with Crippen molar-refractivity contribution in [3.63, 3.8) is 0 Å². The zero-order valence-electron chi connectivity index (χ0n) is 9.75. The third-order valence-electron chi connectivity index (χ3n) is 2.39. The van der Waals surface area contributed by atoms with Crippen molar-refractivity contribution < 1.29 is 4.79 Å². The molecule has 0 radical (unpaired) electrons. The first-order chi connectivity index (χ1) is 7.76. The zero-order valence-corrected chi connectivity index (χ0v) is 9.75. The van der Waals surface area contributed by atoms with E-state index in [1.54, 1.807) is 0 Å². The Morgan fingerprint density at radius 2 is 2.31 bits per heavy atom. The molecule has 0 fully saturated rings. The van der Waals surface area contributed by atoms with Crippen LogP contribution in [0.25, 0.3) is 0 Å². The topological polar surface area (TPSA) is 83.8 Å². The first kappa shape index (κ1) is 12.7. The van der Waals surface area contributed by atoms with E-state index in [0.717, 1.165) is 31.4 Å². The number of nitrogens with one attached hydrogen (secondary N) is 2. The van der Waals surface area contributed by atoms with Crippen LogP contribution in [0.2, 0.25) is 0 Å². The lowest BCUT2D eigenvalue weighted by molar-refractivity contribution is -0.116. The van der Waals surface area contributed by atoms with E-state index in [1.165, 1.54) is 0 Å². The quantitative estimate of drug-likeness (QED) is 0.612. The molecule has 1 heterocycles. The van der Waals surface area contributed by atoms with Crippen molar-refractivity contribution in [1.29, 1.82) is 0 Å². The van der Waals surface area contributed by atoms with Gasteiger partial charge in [-0.2, -0.15) is 5.10 Å². The second-order valence-corrected chi connectivity index (χ2v) is 3.78. The van der Waals surface area contributed by atoms with E-state index in [-0.39, 0.29) is 5.91 Å². The van der Waals surface area contributed by atoms with Crippen LogP contribution in [0.1, 0.15) is 38.3 Å². The van der Waals surface area contributed by atoms with Crippen LogP contribution in [0.15, 0.2) is 6.07 Å². The van der Waals surface area contributed by atoms with Gasteiger partial charge in [0.15, 0.2) is 5.82 Å². The van der Waals surface area contributed by atoms with E-state index >= 15 is 0 Å². The average Bonchev–Trinajstić information content (AvgIpc) is 2.72. The van der Waals surface area contributed by atoms with E-state index in [9.17, 15) is 4.79 Å². The Morgan fingerprint density at radius 1 is 1.50 bits per heavy atom. The Hall–Kier alpha value is -1.36. The molecule has 1 rings (SSSR count). The predicted molar refractivity (Wildman–Crippen MR) is 64.1 cm³/mol. The van der Waals surface area contributed by atoms with Crippen LogP contribution >= 0.6 is 0 Å². The number of anilines is 1. The number of amides is 1. The molecule has 0 aliphatic rings. The number of rotatable bonds is 7. The van der Waals surface area contributed by atoms with Gasteiger partial charge in [0.25, 0.3) is 0 Å². The summed E-state index contributed by atoms with van der Waals surface area (Å²) in [5.74, 6) is 0.631. The summed E-state index contributed by atoms with van der Waals surface area (Å²) < 4.78 is 0. The third-order valence-corrected chi connectivity index (χ3v) is 2.39. The normalized spacial score (nSPS) is 10.4. The highest BCUT2D eigenvalue weighted by atomic mass is 16.1. The van der Waals surface area contributed by atoms with E-state index in [2.05, 4.69) is 15.5 Å². The van der Waals surface area contributed by atoms with Gasteiger partial charge in [0.05, 0.1) is 0 Å². The Labute approximate surface area is 95.8 Å². The van der Waals surface area contributed by atoms with Gasteiger partial charge in [-0.05, 0) is 25.8 Å². The zero-order chi connectivity index (χ0) is 11.8. The number of carbonyl (C=O) groups excluding carboxylic acids is 1. The molecule has 0 aromatic carbocycles. The summed E-state index contributed by atoms with van der Waals surface area (Å²) in [5.41, 5.74) is 6.40. The minimum atomic E-state index is 0.0196. The van der Waals surface area contributed by atoms with Gasteiger partial charge in [0.2, 0.25) is 5.91 Å². The van der Waals surface area contributed by atoms with Gasteiger partial charge in [-0.15, -0.1) is 0 Å². The highest BCUT2D eigenvalue weighted by Gasteiger charge is 2.04. The van der Waals surface area contributed by atoms with E-state index < -0.39 is 0 Å². The molecule has 0 unspecified atom stereocenters. The summed E-state index contributed by atoms with van der Waals surface area (Å²) >= 11 is 0. The van der Waals surface area contributed by atoms with Crippen molar-refractivity contribution in [2.24, 2.45) is 5.73 Å². The number of H-pyrrole nitrogens is 1. The first-order valence-electron chi connectivity index (χ1n) is 5.80. The summed E-state index contributed by atoms with van der Waals surface area (Å²) in [6, 6.07) is 1.86. The van der Waals surface area contributed by atoms with E-state index in [4.69, 9.17) is 5.73 Å². The standard InChI is InChI=1S/C11H20N4O/c1-2-9-8-10(15-14-9)13-11(16)6-4-3-5-7-12/h8H,2-7,12H2,1H3,(H2,13,14,15,16). The SMILES string of the molecule is CCc1cc(NC(=O)CCCCCN)n[nH]1. The molecule has 0 aliphatic carbocycles. The number of carbonyl (C=O) groups is 1. The van der Waals surface area contributed by atoms with Crippen molar-refractivity contribution in [2.45, 2.75) is 39.0 Å². The molecular formula is C11H20N4O. The molecule has 1 amide bonds. The second-order valence-electron chi connectivity index (χ2n) is 3.78. The summed E-state index contributed by atoms with van der Waals surface area (Å²) in [6.07, 6.45) is 4.29. The number of aromatic amines is 1. The molecule has 0 aliphatic heterocycles. The van der Waals surface area contributed by atoms with Gasteiger partial charge >= 0.3 is 0 Å². The maximum absolute atomic E-state index is 11.5. The van der Waals surface area contributed by atoms with E-state index in [0.29, 0.717) is 18.8 Å². The molecule has 0 atom stereocenters. The fraction of sp³-hybridized carbons (Fsp3) is 0.636. The highest BCUT2D eigenvalue weighted by Crippen LogP contribution is 2.07. The predicted octanol–water partition coefficient (Wildman–Crippen LogP) is 1.43. The Bertz CT molecular complexity index is 322. The summed E-state index contributed by atoms with van der Waals surface area (Å²) in [4.78, 5) is 11.5. The van der Waals surface area contributed by atoms with Crippen LogP contribution in [0.4, 0.5) is 5.82 Å². The third kappa shape index (κ3) is 4.44. The van der Waals surface area contributed by atoms with Crippen molar-refractivity contribution in [2.75, 3.05) is 11.9 Å². The molecule has 5 heteroatoms. The van der Waals surface area contributed by atoms with Crippen LogP contribution in [-0.2, 0) is 11.2 Å². The minimum Gasteiger partial charge on any atom is -0.330 e. The minimum absolute atomic E-state index is 0.0196. The summed E-state index contributed by atoms with van der Waals surface area (Å²) in [5, 5.41) is 9.61. The number of unbranched alkanes of at least 4 members (excludes halogenated alkanes) is 2. The fourth-order valence-corrected chi connectivity index (χ4v) is 1.42. The van der Waals surface area contributed by atoms with Crippen molar-refractivity contribution in [3.05, 3.63) is 11.8 Å². The molecule has 16 heavy (non-hydrogen) atoms. The number of nitrogens with two attached hydrogens (primary N) is 1. The number of aromatic nitrogens is 2. The second kappa shape index (κ2) is 7.00. The van der Waals surface area contributed by atoms with Crippen LogP contribution < -0.4 is 11.1 Å². The lowest BCUT2D eigenvalue weighted by atomic mass is 10.2. The molecule has 0 saturated heterocycles. The lowest BCUT2D eigenvalue weighted by Crippen LogP contribution is -2.11. The average molecular weight is 224 g/mol. The van der Waals surface area contributed by atoms with Gasteiger partial charge in [0.1, 0.15) is 0 Å². The highest BCUT2D eigenvalue weighted by molar-refractivity contribution is 5.89. The summed E-state index contributed by atoms with van der Waals surface area (Å²) in [7, 11) is 0. The largest absolute Gasteiger partial charge is 0.330 e. The molecule has 5 nitrogen and oxygen atoms in total. The molecule has 1 aromatic heterocycles. The number of hydrogen-bond donors (Lipinski definition) is 3. The van der Waals surface area contributed by atoms with Gasteiger partial charge in [-0.1, -0.05) is 13.3 Å². The Kier molecular flexibility index (Phi) is 5.56. The molecule has 0 saturated carbocycles. The molecular weight excluding hydrogens is 204 g/mol. The first-order valence-corrected chi connectivity index (χ1v) is 5.80. The fourth-order valence-electron chi connectivity index (χ4n) is 1.42. The molecule has 0 spiro atoms. The molecule has 90 valence electrons.